The van der Waals surface area contributed by atoms with Crippen molar-refractivity contribution in [2.24, 2.45) is 0 Å². The van der Waals surface area contributed by atoms with Gasteiger partial charge in [0.25, 0.3) is 0 Å². The molecule has 96 valence electrons. The number of ether oxygens (including phenoxy) is 2. The summed E-state index contributed by atoms with van der Waals surface area (Å²) in [4.78, 5) is 0. The molecule has 2 N–H and O–H groups in total. The fourth-order valence-corrected chi connectivity index (χ4v) is 2.68. The van der Waals surface area contributed by atoms with Crippen LogP contribution < -0.4 is 10.5 Å². The predicted molar refractivity (Wildman–Crippen MR) is 70.6 cm³/mol. The summed E-state index contributed by atoms with van der Waals surface area (Å²) < 4.78 is 22.0. The molecular formula is C12H19NO3S. The Bertz CT molecular complexity index is 382. The first-order valence-corrected chi connectivity index (χ1v) is 6.92. The zero-order valence-corrected chi connectivity index (χ0v) is 11.1. The number of hydrogen-bond acceptors (Lipinski definition) is 4. The van der Waals surface area contributed by atoms with E-state index in [2.05, 4.69) is 0 Å². The van der Waals surface area contributed by atoms with Crippen LogP contribution in [0.2, 0.25) is 0 Å². The minimum absolute atomic E-state index is 0.470. The van der Waals surface area contributed by atoms with Gasteiger partial charge in [0.1, 0.15) is 5.75 Å². The average Bonchev–Trinajstić information content (AvgIpc) is 2.29. The van der Waals surface area contributed by atoms with E-state index in [0.29, 0.717) is 23.8 Å². The lowest BCUT2D eigenvalue weighted by Crippen LogP contribution is -2.05. The van der Waals surface area contributed by atoms with E-state index < -0.39 is 10.8 Å². The number of hydrogen-bond donors (Lipinski definition) is 1. The molecule has 0 aliphatic rings. The third-order valence-corrected chi connectivity index (χ3v) is 3.72. The van der Waals surface area contributed by atoms with Crippen molar-refractivity contribution in [2.75, 3.05) is 32.3 Å². The first-order valence-electron chi connectivity index (χ1n) is 5.43. The fourth-order valence-electron chi connectivity index (χ4n) is 1.52. The number of anilines is 1. The van der Waals surface area contributed by atoms with Crippen LogP contribution in [-0.4, -0.2) is 30.8 Å². The van der Waals surface area contributed by atoms with Gasteiger partial charge in [-0.3, -0.25) is 4.21 Å². The van der Waals surface area contributed by atoms with Gasteiger partial charge in [-0.25, -0.2) is 0 Å². The Labute approximate surface area is 105 Å². The quantitative estimate of drug-likeness (QED) is 0.595. The van der Waals surface area contributed by atoms with Crippen LogP contribution >= 0.6 is 0 Å². The molecule has 1 aromatic carbocycles. The molecule has 1 aromatic rings. The van der Waals surface area contributed by atoms with Crippen LogP contribution in [0, 0.1) is 0 Å². The Hall–Kier alpha value is -1.07. The molecule has 0 saturated carbocycles. The smallest absolute Gasteiger partial charge is 0.123 e. The monoisotopic (exact) mass is 257 g/mol. The van der Waals surface area contributed by atoms with E-state index in [4.69, 9.17) is 15.2 Å². The molecule has 0 bridgehead atoms. The van der Waals surface area contributed by atoms with E-state index in [1.807, 2.05) is 6.07 Å². The Morgan fingerprint density at radius 3 is 2.76 bits per heavy atom. The van der Waals surface area contributed by atoms with E-state index in [-0.39, 0.29) is 0 Å². The fraction of sp³-hybridized carbons (Fsp3) is 0.500. The number of nitrogen functional groups attached to an aromatic ring is 1. The van der Waals surface area contributed by atoms with Gasteiger partial charge in [-0.05, 0) is 24.6 Å². The van der Waals surface area contributed by atoms with Crippen LogP contribution in [0.15, 0.2) is 18.2 Å². The van der Waals surface area contributed by atoms with Crippen LogP contribution in [0.25, 0.3) is 0 Å². The summed E-state index contributed by atoms with van der Waals surface area (Å²) in [6, 6.07) is 5.39. The van der Waals surface area contributed by atoms with Gasteiger partial charge in [0.2, 0.25) is 0 Å². The number of benzene rings is 1. The average molecular weight is 257 g/mol. The van der Waals surface area contributed by atoms with E-state index in [9.17, 15) is 4.21 Å². The highest BCUT2D eigenvalue weighted by Gasteiger charge is 2.08. The first-order chi connectivity index (χ1) is 8.17. The van der Waals surface area contributed by atoms with E-state index in [1.54, 1.807) is 26.4 Å². The second-order valence-corrected chi connectivity index (χ2v) is 5.28. The minimum atomic E-state index is -0.908. The van der Waals surface area contributed by atoms with Gasteiger partial charge in [0.15, 0.2) is 0 Å². The third-order valence-electron chi connectivity index (χ3n) is 2.34. The molecule has 0 aliphatic carbocycles. The van der Waals surface area contributed by atoms with Gasteiger partial charge < -0.3 is 15.2 Å². The van der Waals surface area contributed by atoms with E-state index in [0.717, 1.165) is 17.7 Å². The molecule has 0 aromatic heterocycles. The molecular weight excluding hydrogens is 238 g/mol. The van der Waals surface area contributed by atoms with Crippen molar-refractivity contribution in [3.63, 3.8) is 0 Å². The molecule has 0 amide bonds. The maximum absolute atomic E-state index is 11.8. The normalized spacial score (nSPS) is 12.4. The molecule has 4 nitrogen and oxygen atoms in total. The maximum atomic E-state index is 11.8. The lowest BCUT2D eigenvalue weighted by Gasteiger charge is -2.09. The largest absolute Gasteiger partial charge is 0.496 e. The highest BCUT2D eigenvalue weighted by Crippen LogP contribution is 2.22. The second-order valence-electron chi connectivity index (χ2n) is 3.71. The minimum Gasteiger partial charge on any atom is -0.496 e. The molecule has 1 atom stereocenters. The summed E-state index contributed by atoms with van der Waals surface area (Å²) in [7, 11) is 2.33. The zero-order chi connectivity index (χ0) is 12.7. The highest BCUT2D eigenvalue weighted by atomic mass is 32.2. The van der Waals surface area contributed by atoms with Crippen molar-refractivity contribution in [2.45, 2.75) is 12.2 Å². The summed E-state index contributed by atoms with van der Waals surface area (Å²) in [5, 5.41) is 0. The summed E-state index contributed by atoms with van der Waals surface area (Å²) in [6.45, 7) is 0.639. The molecule has 0 radical (unpaired) electrons. The number of rotatable bonds is 7. The Kier molecular flexibility index (Phi) is 6.00. The highest BCUT2D eigenvalue weighted by molar-refractivity contribution is 7.84. The lowest BCUT2D eigenvalue weighted by atomic mass is 10.2. The molecule has 5 heteroatoms. The van der Waals surface area contributed by atoms with Gasteiger partial charge >= 0.3 is 0 Å². The van der Waals surface area contributed by atoms with Crippen LogP contribution in [0.4, 0.5) is 5.69 Å². The van der Waals surface area contributed by atoms with Gasteiger partial charge in [-0.15, -0.1) is 0 Å². The third kappa shape index (κ3) is 4.75. The summed E-state index contributed by atoms with van der Waals surface area (Å²) in [5.74, 6) is 1.84. The van der Waals surface area contributed by atoms with Crippen molar-refractivity contribution in [3.8, 4) is 5.75 Å². The lowest BCUT2D eigenvalue weighted by molar-refractivity contribution is 0.200. The molecule has 17 heavy (non-hydrogen) atoms. The van der Waals surface area contributed by atoms with Crippen LogP contribution in [-0.2, 0) is 21.3 Å². The zero-order valence-electron chi connectivity index (χ0n) is 10.3. The summed E-state index contributed by atoms with van der Waals surface area (Å²) in [6.07, 6.45) is 0.799. The van der Waals surface area contributed by atoms with Gasteiger partial charge in [-0.1, -0.05) is 0 Å². The summed E-state index contributed by atoms with van der Waals surface area (Å²) >= 11 is 0. The van der Waals surface area contributed by atoms with Crippen LogP contribution in [0.5, 0.6) is 5.75 Å². The SMILES string of the molecule is COCCCS(=O)Cc1cc(N)ccc1OC. The standard InChI is InChI=1S/C12H19NO3S/c1-15-6-3-7-17(14)9-10-8-11(13)4-5-12(10)16-2/h4-5,8H,3,6-7,9,13H2,1-2H3. The number of nitrogens with two attached hydrogens (primary N) is 1. The van der Waals surface area contributed by atoms with Crippen molar-refractivity contribution in [3.05, 3.63) is 23.8 Å². The second kappa shape index (κ2) is 7.29. The van der Waals surface area contributed by atoms with Crippen LogP contribution in [0.1, 0.15) is 12.0 Å². The molecule has 0 spiro atoms. The first kappa shape index (κ1) is 14.0. The van der Waals surface area contributed by atoms with Crippen LogP contribution in [0.3, 0.4) is 0 Å². The summed E-state index contributed by atoms with van der Waals surface area (Å²) in [5.41, 5.74) is 7.26. The predicted octanol–water partition coefficient (Wildman–Crippen LogP) is 1.56. The van der Waals surface area contributed by atoms with Gasteiger partial charge in [0.05, 0.1) is 12.9 Å². The maximum Gasteiger partial charge on any atom is 0.123 e. The molecule has 0 saturated heterocycles. The Morgan fingerprint density at radius 1 is 1.35 bits per heavy atom. The molecule has 0 fully saturated rings. The van der Waals surface area contributed by atoms with Crippen molar-refractivity contribution in [1.82, 2.24) is 0 Å². The topological polar surface area (TPSA) is 61.5 Å². The molecule has 1 rings (SSSR count). The molecule has 0 aliphatic heterocycles. The Balaban J connectivity index is 2.60. The van der Waals surface area contributed by atoms with Gasteiger partial charge in [-0.2, -0.15) is 0 Å². The van der Waals surface area contributed by atoms with Gasteiger partial charge in [0, 0.05) is 41.5 Å². The van der Waals surface area contributed by atoms with E-state index in [1.165, 1.54) is 0 Å². The number of methoxy groups -OCH3 is 2. The van der Waals surface area contributed by atoms with Crippen molar-refractivity contribution in [1.29, 1.82) is 0 Å². The van der Waals surface area contributed by atoms with Crippen molar-refractivity contribution >= 4 is 16.5 Å². The Morgan fingerprint density at radius 2 is 2.12 bits per heavy atom. The van der Waals surface area contributed by atoms with E-state index >= 15 is 0 Å². The van der Waals surface area contributed by atoms with Crippen molar-refractivity contribution < 1.29 is 13.7 Å². The molecule has 0 heterocycles. The molecule has 1 unspecified atom stereocenters.